The summed E-state index contributed by atoms with van der Waals surface area (Å²) in [5.41, 5.74) is 0. The molecular weight excluding hydrogens is 272 g/mol. The molecule has 0 aliphatic rings. The molecule has 0 atom stereocenters. The first-order valence-corrected chi connectivity index (χ1v) is 7.32. The number of esters is 1. The Morgan fingerprint density at radius 3 is 1.48 bits per heavy atom. The SMILES string of the molecule is CC=O.CC=O.CC=O.CCCCCCCCC(=O)OC. The van der Waals surface area contributed by atoms with Gasteiger partial charge in [-0.1, -0.05) is 39.0 Å². The molecule has 0 fully saturated rings. The van der Waals surface area contributed by atoms with Crippen LogP contribution in [0, 0.1) is 0 Å². The molecule has 0 bridgehead atoms. The lowest BCUT2D eigenvalue weighted by Gasteiger charge is -1.99. The Kier molecular flexibility index (Phi) is 47.9. The molecule has 126 valence electrons. The zero-order valence-electron chi connectivity index (χ0n) is 14.2. The normalized spacial score (nSPS) is 7.48. The molecule has 0 N–H and O–H groups in total. The predicted molar refractivity (Wildman–Crippen MR) is 85.2 cm³/mol. The fraction of sp³-hybridized carbons (Fsp3) is 0.750. The van der Waals surface area contributed by atoms with Gasteiger partial charge in [0.15, 0.2) is 0 Å². The highest BCUT2D eigenvalue weighted by molar-refractivity contribution is 5.68. The van der Waals surface area contributed by atoms with Crippen LogP contribution in [0.5, 0.6) is 0 Å². The smallest absolute Gasteiger partial charge is 0.305 e. The second kappa shape index (κ2) is 36.3. The van der Waals surface area contributed by atoms with Crippen LogP contribution in [0.4, 0.5) is 0 Å². The molecule has 5 heteroatoms. The van der Waals surface area contributed by atoms with E-state index in [1.165, 1.54) is 53.6 Å². The molecule has 0 aliphatic carbocycles. The molecule has 0 rings (SSSR count). The molecule has 0 amide bonds. The van der Waals surface area contributed by atoms with Gasteiger partial charge in [-0.2, -0.15) is 0 Å². The summed E-state index contributed by atoms with van der Waals surface area (Å²) in [7, 11) is 1.44. The second-order valence-electron chi connectivity index (χ2n) is 3.80. The van der Waals surface area contributed by atoms with Gasteiger partial charge in [-0.15, -0.1) is 0 Å². The molecule has 5 nitrogen and oxygen atoms in total. The number of carbonyl (C=O) groups is 4. The van der Waals surface area contributed by atoms with E-state index in [9.17, 15) is 4.79 Å². The van der Waals surface area contributed by atoms with E-state index in [4.69, 9.17) is 14.4 Å². The molecule has 0 saturated carbocycles. The van der Waals surface area contributed by atoms with Gasteiger partial charge in [0.1, 0.15) is 18.9 Å². The Balaban J connectivity index is -0.000000132. The standard InChI is InChI=1S/C10H20O2.3C2H4O/c1-3-4-5-6-7-8-9-10(11)12-2;3*1-2-3/h3-9H2,1-2H3;3*2H,1H3. The molecular formula is C16H32O5. The maximum Gasteiger partial charge on any atom is 0.305 e. The summed E-state index contributed by atoms with van der Waals surface area (Å²) in [6.45, 7) is 6.54. The van der Waals surface area contributed by atoms with Crippen molar-refractivity contribution in [3.05, 3.63) is 0 Å². The monoisotopic (exact) mass is 304 g/mol. The van der Waals surface area contributed by atoms with E-state index in [1.807, 2.05) is 0 Å². The molecule has 0 saturated heterocycles. The molecule has 0 radical (unpaired) electrons. The average molecular weight is 304 g/mol. The number of methoxy groups -OCH3 is 1. The van der Waals surface area contributed by atoms with Crippen molar-refractivity contribution in [3.8, 4) is 0 Å². The highest BCUT2D eigenvalue weighted by Gasteiger charge is 1.98. The molecule has 0 aromatic carbocycles. The third-order valence-corrected chi connectivity index (χ3v) is 1.96. The van der Waals surface area contributed by atoms with Crippen molar-refractivity contribution >= 4 is 24.8 Å². The van der Waals surface area contributed by atoms with Crippen molar-refractivity contribution in [2.45, 2.75) is 72.6 Å². The maximum absolute atomic E-state index is 10.7. The van der Waals surface area contributed by atoms with E-state index in [2.05, 4.69) is 11.7 Å². The number of rotatable bonds is 7. The lowest BCUT2D eigenvalue weighted by atomic mass is 10.1. The van der Waals surface area contributed by atoms with Crippen molar-refractivity contribution in [2.75, 3.05) is 7.11 Å². The van der Waals surface area contributed by atoms with Crippen molar-refractivity contribution in [1.82, 2.24) is 0 Å². The molecule has 0 heterocycles. The van der Waals surface area contributed by atoms with Crippen LogP contribution in [0.15, 0.2) is 0 Å². The zero-order chi connectivity index (χ0) is 17.4. The Morgan fingerprint density at radius 1 is 0.810 bits per heavy atom. The van der Waals surface area contributed by atoms with Crippen LogP contribution in [0.25, 0.3) is 0 Å². The molecule has 0 spiro atoms. The zero-order valence-corrected chi connectivity index (χ0v) is 14.2. The van der Waals surface area contributed by atoms with Gasteiger partial charge in [0.25, 0.3) is 0 Å². The van der Waals surface area contributed by atoms with Crippen molar-refractivity contribution in [3.63, 3.8) is 0 Å². The lowest BCUT2D eigenvalue weighted by molar-refractivity contribution is -0.140. The summed E-state index contributed by atoms with van der Waals surface area (Å²) in [6.07, 6.45) is 10.1. The Bertz CT molecular complexity index is 200. The first-order chi connectivity index (χ1) is 10.1. The minimum absolute atomic E-state index is 0.0782. The van der Waals surface area contributed by atoms with Gasteiger partial charge in [0.2, 0.25) is 0 Å². The minimum atomic E-state index is -0.0782. The van der Waals surface area contributed by atoms with Gasteiger partial charge in [0, 0.05) is 6.42 Å². The largest absolute Gasteiger partial charge is 0.469 e. The number of hydrogen-bond donors (Lipinski definition) is 0. The minimum Gasteiger partial charge on any atom is -0.469 e. The van der Waals surface area contributed by atoms with Crippen LogP contribution in [0.2, 0.25) is 0 Å². The summed E-state index contributed by atoms with van der Waals surface area (Å²) in [5, 5.41) is 0. The Morgan fingerprint density at radius 2 is 1.14 bits per heavy atom. The van der Waals surface area contributed by atoms with E-state index >= 15 is 0 Å². The fourth-order valence-corrected chi connectivity index (χ4v) is 1.15. The van der Waals surface area contributed by atoms with E-state index in [-0.39, 0.29) is 5.97 Å². The molecule has 0 aromatic rings. The predicted octanol–water partition coefficient (Wildman–Crippen LogP) is 3.53. The number of unbranched alkanes of at least 4 members (excludes halogenated alkanes) is 5. The summed E-state index contributed by atoms with van der Waals surface area (Å²) >= 11 is 0. The van der Waals surface area contributed by atoms with Crippen LogP contribution in [-0.4, -0.2) is 31.9 Å². The summed E-state index contributed by atoms with van der Waals surface area (Å²) < 4.78 is 4.54. The van der Waals surface area contributed by atoms with Crippen molar-refractivity contribution in [1.29, 1.82) is 0 Å². The Hall–Kier alpha value is -1.52. The highest BCUT2D eigenvalue weighted by atomic mass is 16.5. The first kappa shape index (κ1) is 27.8. The first-order valence-electron chi connectivity index (χ1n) is 7.32. The van der Waals surface area contributed by atoms with Crippen LogP contribution in [0.3, 0.4) is 0 Å². The van der Waals surface area contributed by atoms with Gasteiger partial charge < -0.3 is 19.1 Å². The second-order valence-corrected chi connectivity index (χ2v) is 3.80. The van der Waals surface area contributed by atoms with Crippen molar-refractivity contribution < 1.29 is 23.9 Å². The van der Waals surface area contributed by atoms with Crippen LogP contribution < -0.4 is 0 Å². The lowest BCUT2D eigenvalue weighted by Crippen LogP contribution is -1.98. The molecule has 0 unspecified atom stereocenters. The third-order valence-electron chi connectivity index (χ3n) is 1.96. The van der Waals surface area contributed by atoms with E-state index in [0.29, 0.717) is 6.42 Å². The number of aldehydes is 3. The van der Waals surface area contributed by atoms with E-state index < -0.39 is 0 Å². The van der Waals surface area contributed by atoms with Gasteiger partial charge in [0.05, 0.1) is 7.11 Å². The van der Waals surface area contributed by atoms with Crippen LogP contribution >= 0.6 is 0 Å². The summed E-state index contributed by atoms with van der Waals surface area (Å²) in [5.74, 6) is -0.0782. The highest BCUT2D eigenvalue weighted by Crippen LogP contribution is 2.06. The molecule has 21 heavy (non-hydrogen) atoms. The van der Waals surface area contributed by atoms with Gasteiger partial charge in [-0.05, 0) is 27.2 Å². The topological polar surface area (TPSA) is 77.5 Å². The number of ether oxygens (including phenoxy) is 1. The molecule has 0 aliphatic heterocycles. The van der Waals surface area contributed by atoms with E-state index in [0.717, 1.165) is 31.7 Å². The molecule has 0 aromatic heterocycles. The van der Waals surface area contributed by atoms with Gasteiger partial charge in [-0.25, -0.2) is 0 Å². The van der Waals surface area contributed by atoms with Crippen LogP contribution in [0.1, 0.15) is 72.6 Å². The maximum atomic E-state index is 10.7. The Labute approximate surface area is 129 Å². The average Bonchev–Trinajstić information content (AvgIpc) is 2.45. The van der Waals surface area contributed by atoms with Crippen molar-refractivity contribution in [2.24, 2.45) is 0 Å². The van der Waals surface area contributed by atoms with E-state index in [1.54, 1.807) is 0 Å². The summed E-state index contributed by atoms with van der Waals surface area (Å²) in [6, 6.07) is 0. The van der Waals surface area contributed by atoms with Crippen LogP contribution in [-0.2, 0) is 23.9 Å². The quantitative estimate of drug-likeness (QED) is 0.408. The number of carbonyl (C=O) groups excluding carboxylic acids is 4. The number of hydrogen-bond acceptors (Lipinski definition) is 5. The van der Waals surface area contributed by atoms with Gasteiger partial charge in [-0.3, -0.25) is 4.79 Å². The van der Waals surface area contributed by atoms with Gasteiger partial charge >= 0.3 is 5.97 Å². The summed E-state index contributed by atoms with van der Waals surface area (Å²) in [4.78, 5) is 37.1. The third kappa shape index (κ3) is 69.8. The fourth-order valence-electron chi connectivity index (χ4n) is 1.15.